The van der Waals surface area contributed by atoms with E-state index in [1.165, 1.54) is 238 Å². The molecule has 0 saturated heterocycles. The monoisotopic (exact) mass is 956 g/mol. The van der Waals surface area contributed by atoms with E-state index < -0.39 is 12.1 Å². The molecule has 0 saturated carbocycles. The van der Waals surface area contributed by atoms with Crippen LogP contribution in [0.1, 0.15) is 322 Å². The quantitative estimate of drug-likeness (QED) is 0.0321. The molecule has 3 N–H and O–H groups in total. The van der Waals surface area contributed by atoms with Crippen LogP contribution < -0.4 is 5.32 Å². The molecule has 2 atom stereocenters. The first-order valence-electron chi connectivity index (χ1n) is 30.2. The molecule has 0 spiro atoms. The molecule has 0 heterocycles. The van der Waals surface area contributed by atoms with Crippen molar-refractivity contribution < 1.29 is 24.5 Å². The van der Waals surface area contributed by atoms with E-state index in [0.717, 1.165) is 51.4 Å². The number of carbonyl (C=O) groups is 2. The maximum absolute atomic E-state index is 12.4. The van der Waals surface area contributed by atoms with Crippen LogP contribution in [0.5, 0.6) is 0 Å². The molecule has 0 aliphatic rings. The van der Waals surface area contributed by atoms with E-state index in [-0.39, 0.29) is 18.5 Å². The SMILES string of the molecule is CCCCCC/C=C\C/C=C\CCCCCCCC(=O)OCCCCCCCCCCCCCC/C=C\CCCCCCCCCC(=O)NC(CO)C(O)CCCCCCCCCCCCCC. The number of unbranched alkanes of at least 4 members (excludes halogenated alkanes) is 39. The number of hydrogen-bond acceptors (Lipinski definition) is 5. The van der Waals surface area contributed by atoms with Gasteiger partial charge in [0.2, 0.25) is 5.91 Å². The summed E-state index contributed by atoms with van der Waals surface area (Å²) in [6.45, 7) is 4.93. The summed E-state index contributed by atoms with van der Waals surface area (Å²) >= 11 is 0. The summed E-state index contributed by atoms with van der Waals surface area (Å²) in [6, 6.07) is -0.545. The lowest BCUT2D eigenvalue weighted by molar-refractivity contribution is -0.143. The van der Waals surface area contributed by atoms with Gasteiger partial charge >= 0.3 is 5.97 Å². The highest BCUT2D eigenvalue weighted by Gasteiger charge is 2.20. The minimum atomic E-state index is -0.667. The predicted octanol–water partition coefficient (Wildman–Crippen LogP) is 18.8. The molecular formula is C62H117NO5. The van der Waals surface area contributed by atoms with Gasteiger partial charge in [-0.3, -0.25) is 9.59 Å². The topological polar surface area (TPSA) is 95.9 Å². The second-order valence-electron chi connectivity index (χ2n) is 20.7. The Balaban J connectivity index is 3.40. The maximum Gasteiger partial charge on any atom is 0.305 e. The summed E-state index contributed by atoms with van der Waals surface area (Å²) in [5.74, 6) is -0.0437. The molecule has 0 radical (unpaired) electrons. The van der Waals surface area contributed by atoms with Gasteiger partial charge in [0.25, 0.3) is 0 Å². The summed E-state index contributed by atoms with van der Waals surface area (Å²) in [6.07, 6.45) is 71.5. The molecule has 1 amide bonds. The Labute approximate surface area is 424 Å². The molecule has 6 heteroatoms. The highest BCUT2D eigenvalue weighted by atomic mass is 16.5. The minimum absolute atomic E-state index is 0.00208. The zero-order valence-corrected chi connectivity index (χ0v) is 45.6. The van der Waals surface area contributed by atoms with E-state index in [0.29, 0.717) is 25.9 Å². The molecule has 0 fully saturated rings. The molecular weight excluding hydrogens is 839 g/mol. The zero-order chi connectivity index (χ0) is 49.3. The van der Waals surface area contributed by atoms with Crippen molar-refractivity contribution in [2.75, 3.05) is 13.2 Å². The Morgan fingerprint density at radius 2 is 0.735 bits per heavy atom. The highest BCUT2D eigenvalue weighted by molar-refractivity contribution is 5.76. The van der Waals surface area contributed by atoms with Crippen molar-refractivity contribution >= 4 is 11.9 Å². The fourth-order valence-electron chi connectivity index (χ4n) is 9.25. The average molecular weight is 957 g/mol. The van der Waals surface area contributed by atoms with Gasteiger partial charge in [0.15, 0.2) is 0 Å². The van der Waals surface area contributed by atoms with Gasteiger partial charge in [0, 0.05) is 12.8 Å². The Bertz CT molecular complexity index is 1100. The molecule has 6 nitrogen and oxygen atoms in total. The van der Waals surface area contributed by atoms with Crippen LogP contribution >= 0.6 is 0 Å². The van der Waals surface area contributed by atoms with Crippen LogP contribution in [0.2, 0.25) is 0 Å². The van der Waals surface area contributed by atoms with E-state index in [4.69, 9.17) is 4.74 Å². The maximum atomic E-state index is 12.4. The molecule has 2 unspecified atom stereocenters. The molecule has 400 valence electrons. The van der Waals surface area contributed by atoms with Crippen molar-refractivity contribution in [1.82, 2.24) is 5.32 Å². The van der Waals surface area contributed by atoms with E-state index in [2.05, 4.69) is 55.6 Å². The molecule has 0 aromatic carbocycles. The summed E-state index contributed by atoms with van der Waals surface area (Å²) in [5.41, 5.74) is 0. The van der Waals surface area contributed by atoms with E-state index >= 15 is 0 Å². The molecule has 0 bridgehead atoms. The fraction of sp³-hybridized carbons (Fsp3) is 0.871. The summed E-state index contributed by atoms with van der Waals surface area (Å²) < 4.78 is 5.48. The summed E-state index contributed by atoms with van der Waals surface area (Å²) in [7, 11) is 0. The fourth-order valence-corrected chi connectivity index (χ4v) is 9.25. The number of ether oxygens (including phenoxy) is 1. The lowest BCUT2D eigenvalue weighted by Crippen LogP contribution is -2.45. The number of aliphatic hydroxyl groups is 2. The minimum Gasteiger partial charge on any atom is -0.466 e. The Hall–Kier alpha value is -1.92. The van der Waals surface area contributed by atoms with Gasteiger partial charge in [-0.25, -0.2) is 0 Å². The van der Waals surface area contributed by atoms with E-state index in [1.807, 2.05) is 0 Å². The van der Waals surface area contributed by atoms with Crippen LogP contribution in [0.4, 0.5) is 0 Å². The largest absolute Gasteiger partial charge is 0.466 e. The van der Waals surface area contributed by atoms with Crippen molar-refractivity contribution in [3.05, 3.63) is 36.5 Å². The van der Waals surface area contributed by atoms with Gasteiger partial charge in [-0.05, 0) is 83.5 Å². The number of hydrogen-bond donors (Lipinski definition) is 3. The van der Waals surface area contributed by atoms with Crippen molar-refractivity contribution in [1.29, 1.82) is 0 Å². The van der Waals surface area contributed by atoms with Crippen molar-refractivity contribution in [2.45, 2.75) is 334 Å². The van der Waals surface area contributed by atoms with Crippen LogP contribution in [0, 0.1) is 0 Å². The molecule has 0 aromatic heterocycles. The number of carbonyl (C=O) groups excluding carboxylic acids is 2. The number of aliphatic hydroxyl groups excluding tert-OH is 2. The van der Waals surface area contributed by atoms with Crippen molar-refractivity contribution in [3.63, 3.8) is 0 Å². The number of esters is 1. The molecule has 0 aliphatic carbocycles. The van der Waals surface area contributed by atoms with Gasteiger partial charge in [0.1, 0.15) is 0 Å². The predicted molar refractivity (Wildman–Crippen MR) is 296 cm³/mol. The Morgan fingerprint density at radius 1 is 0.412 bits per heavy atom. The lowest BCUT2D eigenvalue weighted by atomic mass is 10.0. The average Bonchev–Trinajstić information content (AvgIpc) is 3.34. The molecule has 0 aromatic rings. The van der Waals surface area contributed by atoms with Crippen molar-refractivity contribution in [2.24, 2.45) is 0 Å². The van der Waals surface area contributed by atoms with Gasteiger partial charge in [-0.2, -0.15) is 0 Å². The molecule has 68 heavy (non-hydrogen) atoms. The third kappa shape index (κ3) is 53.4. The Morgan fingerprint density at radius 3 is 1.15 bits per heavy atom. The first-order chi connectivity index (χ1) is 33.5. The molecule has 0 rings (SSSR count). The highest BCUT2D eigenvalue weighted by Crippen LogP contribution is 2.17. The third-order valence-electron chi connectivity index (χ3n) is 13.9. The lowest BCUT2D eigenvalue weighted by Gasteiger charge is -2.22. The first kappa shape index (κ1) is 66.1. The van der Waals surface area contributed by atoms with Gasteiger partial charge < -0.3 is 20.3 Å². The summed E-state index contributed by atoms with van der Waals surface area (Å²) in [4.78, 5) is 24.5. The van der Waals surface area contributed by atoms with Crippen LogP contribution in [0.15, 0.2) is 36.5 Å². The number of nitrogens with one attached hydrogen (secondary N) is 1. The smallest absolute Gasteiger partial charge is 0.305 e. The van der Waals surface area contributed by atoms with Crippen LogP contribution in [-0.2, 0) is 14.3 Å². The van der Waals surface area contributed by atoms with Gasteiger partial charge in [0.05, 0.1) is 25.4 Å². The van der Waals surface area contributed by atoms with Gasteiger partial charge in [-0.15, -0.1) is 0 Å². The number of rotatable bonds is 56. The van der Waals surface area contributed by atoms with Crippen LogP contribution in [0.25, 0.3) is 0 Å². The number of allylic oxidation sites excluding steroid dienone is 6. The third-order valence-corrected chi connectivity index (χ3v) is 13.9. The number of amides is 1. The van der Waals surface area contributed by atoms with Gasteiger partial charge in [-0.1, -0.05) is 262 Å². The standard InChI is InChI=1S/C62H117NO5/c1-3-5-7-9-11-13-15-17-18-29-32-36-40-44-48-52-56-62(67)68-57-53-49-45-41-37-33-30-27-25-23-21-19-20-22-24-26-28-31-35-39-43-47-51-55-61(66)63-59(58-64)60(65)54-50-46-42-38-34-16-14-12-10-8-6-4-2/h13,15,18,22,24,29,59-60,64-65H,3-12,14,16-17,19-21,23,25-28,30-58H2,1-2H3,(H,63,66)/b15-13-,24-22-,29-18-. The second kappa shape index (κ2) is 57.7. The van der Waals surface area contributed by atoms with E-state index in [9.17, 15) is 19.8 Å². The normalized spacial score (nSPS) is 12.8. The van der Waals surface area contributed by atoms with Crippen LogP contribution in [-0.4, -0.2) is 47.4 Å². The first-order valence-corrected chi connectivity index (χ1v) is 30.2. The second-order valence-corrected chi connectivity index (χ2v) is 20.7. The Kier molecular flexibility index (Phi) is 56.0. The molecule has 0 aliphatic heterocycles. The van der Waals surface area contributed by atoms with Crippen LogP contribution in [0.3, 0.4) is 0 Å². The van der Waals surface area contributed by atoms with E-state index in [1.54, 1.807) is 0 Å². The summed E-state index contributed by atoms with van der Waals surface area (Å²) in [5, 5.41) is 23.2. The van der Waals surface area contributed by atoms with Crippen molar-refractivity contribution in [3.8, 4) is 0 Å². The zero-order valence-electron chi connectivity index (χ0n) is 45.6.